The SMILES string of the molecule is O=C(C[n+]1ccc2ccccc2c1)N[C@H]1CCS(=O)(=O)C1. The van der Waals surface area contributed by atoms with Crippen LogP contribution in [0.5, 0.6) is 0 Å². The molecule has 2 aromatic rings. The maximum absolute atomic E-state index is 12.0. The number of carbonyl (C=O) groups is 1. The Morgan fingerprint density at radius 1 is 1.24 bits per heavy atom. The summed E-state index contributed by atoms with van der Waals surface area (Å²) in [5.74, 6) is 0.0692. The van der Waals surface area contributed by atoms with Crippen LogP contribution in [0.2, 0.25) is 0 Å². The molecule has 6 heteroatoms. The molecule has 1 aromatic heterocycles. The summed E-state index contributed by atoms with van der Waals surface area (Å²) in [6, 6.07) is 9.65. The van der Waals surface area contributed by atoms with E-state index in [0.717, 1.165) is 10.8 Å². The summed E-state index contributed by atoms with van der Waals surface area (Å²) in [7, 11) is -2.96. The molecule has 1 aliphatic rings. The van der Waals surface area contributed by atoms with Gasteiger partial charge in [0.25, 0.3) is 5.91 Å². The van der Waals surface area contributed by atoms with E-state index < -0.39 is 9.84 Å². The van der Waals surface area contributed by atoms with Crippen LogP contribution in [-0.4, -0.2) is 31.9 Å². The number of fused-ring (bicyclic) bond motifs is 1. The van der Waals surface area contributed by atoms with Crippen LogP contribution in [0.1, 0.15) is 6.42 Å². The highest BCUT2D eigenvalue weighted by atomic mass is 32.2. The molecule has 1 amide bonds. The number of amides is 1. The molecule has 1 aliphatic heterocycles. The van der Waals surface area contributed by atoms with Crippen LogP contribution < -0.4 is 9.88 Å². The average molecular weight is 305 g/mol. The van der Waals surface area contributed by atoms with Gasteiger partial charge in [0.15, 0.2) is 22.2 Å². The van der Waals surface area contributed by atoms with Gasteiger partial charge in [-0.25, -0.2) is 8.42 Å². The Morgan fingerprint density at radius 3 is 2.71 bits per heavy atom. The Bertz CT molecular complexity index is 786. The maximum Gasteiger partial charge on any atom is 0.286 e. The molecule has 1 saturated heterocycles. The molecule has 2 heterocycles. The van der Waals surface area contributed by atoms with E-state index in [1.54, 1.807) is 4.57 Å². The summed E-state index contributed by atoms with van der Waals surface area (Å²) in [6.45, 7) is 0.196. The molecule has 0 unspecified atom stereocenters. The highest BCUT2D eigenvalue weighted by molar-refractivity contribution is 7.91. The van der Waals surface area contributed by atoms with Gasteiger partial charge in [0.05, 0.1) is 11.5 Å². The van der Waals surface area contributed by atoms with E-state index in [9.17, 15) is 13.2 Å². The maximum atomic E-state index is 12.0. The van der Waals surface area contributed by atoms with E-state index in [1.165, 1.54) is 0 Å². The first-order chi connectivity index (χ1) is 10.0. The van der Waals surface area contributed by atoms with Crippen molar-refractivity contribution in [3.05, 3.63) is 42.7 Å². The summed E-state index contributed by atoms with van der Waals surface area (Å²) in [5, 5.41) is 4.98. The third kappa shape index (κ3) is 3.39. The first-order valence-electron chi connectivity index (χ1n) is 6.89. The van der Waals surface area contributed by atoms with Gasteiger partial charge in [0.2, 0.25) is 6.54 Å². The second kappa shape index (κ2) is 5.44. The molecule has 1 N–H and O–H groups in total. The number of rotatable bonds is 3. The fourth-order valence-corrected chi connectivity index (χ4v) is 4.30. The second-order valence-corrected chi connectivity index (χ2v) is 7.64. The third-order valence-corrected chi connectivity index (χ3v) is 5.44. The van der Waals surface area contributed by atoms with Gasteiger partial charge in [-0.15, -0.1) is 0 Å². The number of carbonyl (C=O) groups excluding carboxylic acids is 1. The average Bonchev–Trinajstić information content (AvgIpc) is 2.77. The Hall–Kier alpha value is -1.95. The van der Waals surface area contributed by atoms with Crippen molar-refractivity contribution in [3.8, 4) is 0 Å². The van der Waals surface area contributed by atoms with Gasteiger partial charge in [-0.2, -0.15) is 4.57 Å². The standard InChI is InChI=1S/C15H16N2O3S/c18-15(16-14-6-8-21(19,20)11-14)10-17-7-5-12-3-1-2-4-13(12)9-17/h1-5,7,9,14H,6,8,10-11H2/p+1/t14-/m0/s1. The normalized spacial score (nSPS) is 20.5. The summed E-state index contributed by atoms with van der Waals surface area (Å²) < 4.78 is 24.5. The lowest BCUT2D eigenvalue weighted by Crippen LogP contribution is -2.46. The summed E-state index contributed by atoms with van der Waals surface area (Å²) in [4.78, 5) is 12.0. The largest absolute Gasteiger partial charge is 0.347 e. The molecular weight excluding hydrogens is 288 g/mol. The van der Waals surface area contributed by atoms with Crippen LogP contribution in [0.15, 0.2) is 42.7 Å². The minimum absolute atomic E-state index is 0.0567. The van der Waals surface area contributed by atoms with Crippen molar-refractivity contribution in [3.63, 3.8) is 0 Å². The second-order valence-electron chi connectivity index (χ2n) is 5.41. The van der Waals surface area contributed by atoms with Gasteiger partial charge < -0.3 is 5.32 Å². The number of pyridine rings is 1. The molecule has 0 spiro atoms. The topological polar surface area (TPSA) is 67.1 Å². The van der Waals surface area contributed by atoms with Crippen molar-refractivity contribution in [2.75, 3.05) is 11.5 Å². The third-order valence-electron chi connectivity index (χ3n) is 3.67. The van der Waals surface area contributed by atoms with E-state index in [-0.39, 0.29) is 30.0 Å². The quantitative estimate of drug-likeness (QED) is 0.836. The van der Waals surface area contributed by atoms with Crippen LogP contribution in [0.3, 0.4) is 0 Å². The fraction of sp³-hybridized carbons (Fsp3) is 0.333. The van der Waals surface area contributed by atoms with Crippen LogP contribution in [-0.2, 0) is 21.2 Å². The number of hydrogen-bond acceptors (Lipinski definition) is 3. The molecule has 1 fully saturated rings. The number of benzene rings is 1. The van der Waals surface area contributed by atoms with Gasteiger partial charge in [-0.05, 0) is 17.9 Å². The predicted molar refractivity (Wildman–Crippen MR) is 79.3 cm³/mol. The Balaban J connectivity index is 1.66. The highest BCUT2D eigenvalue weighted by Gasteiger charge is 2.29. The first-order valence-corrected chi connectivity index (χ1v) is 8.72. The molecule has 0 radical (unpaired) electrons. The number of sulfone groups is 1. The van der Waals surface area contributed by atoms with Crippen LogP contribution in [0, 0.1) is 0 Å². The van der Waals surface area contributed by atoms with Gasteiger partial charge in [0.1, 0.15) is 0 Å². The molecule has 0 aliphatic carbocycles. The van der Waals surface area contributed by atoms with E-state index in [2.05, 4.69) is 5.32 Å². The number of nitrogens with one attached hydrogen (secondary N) is 1. The zero-order valence-corrected chi connectivity index (χ0v) is 12.3. The number of aromatic nitrogens is 1. The zero-order chi connectivity index (χ0) is 14.9. The van der Waals surface area contributed by atoms with Crippen LogP contribution >= 0.6 is 0 Å². The van der Waals surface area contributed by atoms with Crippen molar-refractivity contribution in [1.82, 2.24) is 5.32 Å². The Labute approximate surface area is 123 Å². The Kier molecular flexibility index (Phi) is 3.63. The van der Waals surface area contributed by atoms with Crippen LogP contribution in [0.4, 0.5) is 0 Å². The van der Waals surface area contributed by atoms with E-state index in [4.69, 9.17) is 0 Å². The van der Waals surface area contributed by atoms with Gasteiger partial charge >= 0.3 is 0 Å². The van der Waals surface area contributed by atoms with E-state index >= 15 is 0 Å². The smallest absolute Gasteiger partial charge is 0.286 e. The molecule has 0 saturated carbocycles. The van der Waals surface area contributed by atoms with E-state index in [0.29, 0.717) is 6.42 Å². The molecule has 3 rings (SSSR count). The Morgan fingerprint density at radius 2 is 2.00 bits per heavy atom. The molecule has 5 nitrogen and oxygen atoms in total. The molecule has 0 bridgehead atoms. The van der Waals surface area contributed by atoms with E-state index in [1.807, 2.05) is 42.7 Å². The molecule has 1 atom stereocenters. The lowest BCUT2D eigenvalue weighted by Gasteiger charge is -2.08. The fourth-order valence-electron chi connectivity index (χ4n) is 2.62. The monoisotopic (exact) mass is 305 g/mol. The van der Waals surface area contributed by atoms with Crippen molar-refractivity contribution < 1.29 is 17.8 Å². The highest BCUT2D eigenvalue weighted by Crippen LogP contribution is 2.11. The minimum Gasteiger partial charge on any atom is -0.347 e. The summed E-state index contributed by atoms with van der Waals surface area (Å²) in [5.41, 5.74) is 0. The van der Waals surface area contributed by atoms with Crippen molar-refractivity contribution in [1.29, 1.82) is 0 Å². The van der Waals surface area contributed by atoms with Gasteiger partial charge in [0, 0.05) is 17.5 Å². The van der Waals surface area contributed by atoms with Crippen molar-refractivity contribution >= 4 is 26.5 Å². The van der Waals surface area contributed by atoms with Crippen LogP contribution in [0.25, 0.3) is 10.8 Å². The molecular formula is C15H17N2O3S+. The zero-order valence-electron chi connectivity index (χ0n) is 11.5. The van der Waals surface area contributed by atoms with Gasteiger partial charge in [-0.3, -0.25) is 4.79 Å². The molecule has 110 valence electrons. The first kappa shape index (κ1) is 14.0. The lowest BCUT2D eigenvalue weighted by molar-refractivity contribution is -0.683. The lowest BCUT2D eigenvalue weighted by atomic mass is 10.2. The minimum atomic E-state index is -2.96. The molecule has 21 heavy (non-hydrogen) atoms. The number of nitrogens with zero attached hydrogens (tertiary/aromatic N) is 1. The molecule has 1 aromatic carbocycles. The van der Waals surface area contributed by atoms with Crippen molar-refractivity contribution in [2.45, 2.75) is 19.0 Å². The van der Waals surface area contributed by atoms with Crippen molar-refractivity contribution in [2.24, 2.45) is 0 Å². The van der Waals surface area contributed by atoms with Gasteiger partial charge in [-0.1, -0.05) is 18.2 Å². The predicted octanol–water partition coefficient (Wildman–Crippen LogP) is 0.431. The number of hydrogen-bond donors (Lipinski definition) is 1. The summed E-state index contributed by atoms with van der Waals surface area (Å²) >= 11 is 0. The summed E-state index contributed by atoms with van der Waals surface area (Å²) in [6.07, 6.45) is 4.28.